The van der Waals surface area contributed by atoms with Gasteiger partial charge in [-0.25, -0.2) is 8.42 Å². The van der Waals surface area contributed by atoms with E-state index in [1.165, 1.54) is 0 Å². The molecule has 0 saturated carbocycles. The predicted octanol–water partition coefficient (Wildman–Crippen LogP) is 4.40. The molecule has 0 amide bonds. The average molecular weight is 387 g/mol. The van der Waals surface area contributed by atoms with Crippen LogP contribution in [0, 0.1) is 0 Å². The molecule has 0 spiro atoms. The normalized spacial score (nSPS) is 16.3. The van der Waals surface area contributed by atoms with Crippen molar-refractivity contribution < 1.29 is 13.2 Å². The zero-order chi connectivity index (χ0) is 19.1. The van der Waals surface area contributed by atoms with Crippen LogP contribution in [0.3, 0.4) is 0 Å². The van der Waals surface area contributed by atoms with Crippen LogP contribution in [0.1, 0.15) is 38.2 Å². The SMILES string of the molecule is CCOc1ccccc1C=Nc1ccc(S(=O)(=O)N2CCCCCC2)cc1. The zero-order valence-electron chi connectivity index (χ0n) is 15.7. The summed E-state index contributed by atoms with van der Waals surface area (Å²) in [4.78, 5) is 4.79. The number of nitrogens with zero attached hydrogens (tertiary/aromatic N) is 2. The number of rotatable bonds is 6. The lowest BCUT2D eigenvalue weighted by Crippen LogP contribution is -2.31. The van der Waals surface area contributed by atoms with Gasteiger partial charge in [0.2, 0.25) is 10.0 Å². The van der Waals surface area contributed by atoms with Crippen molar-refractivity contribution in [1.82, 2.24) is 4.31 Å². The van der Waals surface area contributed by atoms with E-state index in [9.17, 15) is 8.42 Å². The van der Waals surface area contributed by atoms with Crippen molar-refractivity contribution in [3.05, 3.63) is 54.1 Å². The van der Waals surface area contributed by atoms with Gasteiger partial charge in [-0.2, -0.15) is 4.31 Å². The molecule has 1 aliphatic heterocycles. The van der Waals surface area contributed by atoms with Crippen molar-refractivity contribution in [1.29, 1.82) is 0 Å². The second kappa shape index (κ2) is 9.15. The van der Waals surface area contributed by atoms with Gasteiger partial charge in [0, 0.05) is 24.9 Å². The molecule has 2 aromatic rings. The van der Waals surface area contributed by atoms with Crippen molar-refractivity contribution in [3.63, 3.8) is 0 Å². The summed E-state index contributed by atoms with van der Waals surface area (Å²) in [5.41, 5.74) is 1.59. The van der Waals surface area contributed by atoms with Crippen LogP contribution >= 0.6 is 0 Å². The van der Waals surface area contributed by atoms with Crippen molar-refractivity contribution in [3.8, 4) is 5.75 Å². The van der Waals surface area contributed by atoms with Crippen molar-refractivity contribution in [2.45, 2.75) is 37.5 Å². The van der Waals surface area contributed by atoms with Crippen LogP contribution in [0.5, 0.6) is 5.75 Å². The molecular weight excluding hydrogens is 360 g/mol. The molecule has 1 heterocycles. The molecule has 0 radical (unpaired) electrons. The van der Waals surface area contributed by atoms with Gasteiger partial charge >= 0.3 is 0 Å². The topological polar surface area (TPSA) is 59.0 Å². The molecule has 3 rings (SSSR count). The van der Waals surface area contributed by atoms with E-state index >= 15 is 0 Å². The maximum Gasteiger partial charge on any atom is 0.243 e. The summed E-state index contributed by atoms with van der Waals surface area (Å²) in [6.07, 6.45) is 5.80. The van der Waals surface area contributed by atoms with E-state index < -0.39 is 10.0 Å². The molecule has 1 aliphatic rings. The van der Waals surface area contributed by atoms with E-state index in [2.05, 4.69) is 4.99 Å². The van der Waals surface area contributed by atoms with Crippen LogP contribution in [0.15, 0.2) is 58.4 Å². The number of benzene rings is 2. The lowest BCUT2D eigenvalue weighted by molar-refractivity contribution is 0.340. The largest absolute Gasteiger partial charge is 0.493 e. The minimum atomic E-state index is -3.42. The Morgan fingerprint density at radius 3 is 2.33 bits per heavy atom. The Labute approximate surface area is 161 Å². The summed E-state index contributed by atoms with van der Waals surface area (Å²) < 4.78 is 32.8. The van der Waals surface area contributed by atoms with Crippen molar-refractivity contribution >= 4 is 21.9 Å². The highest BCUT2D eigenvalue weighted by molar-refractivity contribution is 7.89. The minimum absolute atomic E-state index is 0.332. The molecule has 1 saturated heterocycles. The summed E-state index contributed by atoms with van der Waals surface area (Å²) >= 11 is 0. The van der Waals surface area contributed by atoms with Gasteiger partial charge < -0.3 is 4.74 Å². The summed E-state index contributed by atoms with van der Waals surface area (Å²) in [6, 6.07) is 14.5. The number of aliphatic imine (C=N–C) groups is 1. The molecule has 5 nitrogen and oxygen atoms in total. The van der Waals surface area contributed by atoms with Crippen LogP contribution in [0.4, 0.5) is 5.69 Å². The first-order valence-electron chi connectivity index (χ1n) is 9.47. The Morgan fingerprint density at radius 1 is 1.00 bits per heavy atom. The van der Waals surface area contributed by atoms with Gasteiger partial charge in [-0.1, -0.05) is 25.0 Å². The summed E-state index contributed by atoms with van der Waals surface area (Å²) in [7, 11) is -3.42. The monoisotopic (exact) mass is 386 g/mol. The number of hydrogen-bond donors (Lipinski definition) is 0. The van der Waals surface area contributed by atoms with Crippen LogP contribution < -0.4 is 4.74 Å². The van der Waals surface area contributed by atoms with Gasteiger partial charge in [-0.15, -0.1) is 0 Å². The third-order valence-electron chi connectivity index (χ3n) is 4.61. The van der Waals surface area contributed by atoms with Gasteiger partial charge in [0.15, 0.2) is 0 Å². The lowest BCUT2D eigenvalue weighted by atomic mass is 10.2. The predicted molar refractivity (Wildman–Crippen MR) is 109 cm³/mol. The molecular formula is C21H26N2O3S. The van der Waals surface area contributed by atoms with Crippen LogP contribution in [0.25, 0.3) is 0 Å². The fourth-order valence-electron chi connectivity index (χ4n) is 3.15. The number of ether oxygens (including phenoxy) is 1. The van der Waals surface area contributed by atoms with Gasteiger partial charge in [-0.3, -0.25) is 4.99 Å². The molecule has 27 heavy (non-hydrogen) atoms. The number of para-hydroxylation sites is 1. The van der Waals surface area contributed by atoms with Crippen LogP contribution in [-0.4, -0.2) is 38.6 Å². The number of sulfonamides is 1. The maximum absolute atomic E-state index is 12.8. The van der Waals surface area contributed by atoms with E-state index in [4.69, 9.17) is 4.74 Å². The van der Waals surface area contributed by atoms with Gasteiger partial charge in [0.05, 0.1) is 17.2 Å². The van der Waals surface area contributed by atoms with E-state index in [0.29, 0.717) is 30.3 Å². The highest BCUT2D eigenvalue weighted by Gasteiger charge is 2.24. The fourth-order valence-corrected chi connectivity index (χ4v) is 4.67. The molecule has 2 aromatic carbocycles. The molecule has 0 N–H and O–H groups in total. The molecule has 0 atom stereocenters. The zero-order valence-corrected chi connectivity index (χ0v) is 16.5. The number of hydrogen-bond acceptors (Lipinski definition) is 4. The quantitative estimate of drug-likeness (QED) is 0.691. The van der Waals surface area contributed by atoms with E-state index in [1.54, 1.807) is 34.8 Å². The van der Waals surface area contributed by atoms with Crippen LogP contribution in [0.2, 0.25) is 0 Å². The first-order chi connectivity index (χ1) is 13.1. The Bertz CT molecular complexity index is 869. The molecule has 0 unspecified atom stereocenters. The summed E-state index contributed by atoms with van der Waals surface area (Å²) in [5.74, 6) is 0.782. The van der Waals surface area contributed by atoms with Crippen molar-refractivity contribution in [2.24, 2.45) is 4.99 Å². The molecule has 1 fully saturated rings. The molecule has 0 bridgehead atoms. The van der Waals surface area contributed by atoms with E-state index in [0.717, 1.165) is 37.0 Å². The van der Waals surface area contributed by atoms with Crippen molar-refractivity contribution in [2.75, 3.05) is 19.7 Å². The first-order valence-corrected chi connectivity index (χ1v) is 10.9. The van der Waals surface area contributed by atoms with Crippen LogP contribution in [-0.2, 0) is 10.0 Å². The highest BCUT2D eigenvalue weighted by Crippen LogP contribution is 2.23. The van der Waals surface area contributed by atoms with E-state index in [-0.39, 0.29) is 0 Å². The first kappa shape index (κ1) is 19.6. The van der Waals surface area contributed by atoms with E-state index in [1.807, 2.05) is 31.2 Å². The molecule has 6 heteroatoms. The maximum atomic E-state index is 12.8. The average Bonchev–Trinajstić information content (AvgIpc) is 2.98. The molecule has 144 valence electrons. The van der Waals surface area contributed by atoms with Gasteiger partial charge in [0.1, 0.15) is 5.75 Å². The molecule has 0 aromatic heterocycles. The smallest absolute Gasteiger partial charge is 0.243 e. The third-order valence-corrected chi connectivity index (χ3v) is 6.52. The fraction of sp³-hybridized carbons (Fsp3) is 0.381. The second-order valence-electron chi connectivity index (χ2n) is 6.54. The third kappa shape index (κ3) is 4.96. The Hall–Kier alpha value is -2.18. The standard InChI is InChI=1S/C21H26N2O3S/c1-2-26-21-10-6-5-9-18(21)17-22-19-11-13-20(14-12-19)27(24,25)23-15-7-3-4-8-16-23/h5-6,9-14,17H,2-4,7-8,15-16H2,1H3. The minimum Gasteiger partial charge on any atom is -0.493 e. The Morgan fingerprint density at radius 2 is 1.67 bits per heavy atom. The Kier molecular flexibility index (Phi) is 6.63. The summed E-state index contributed by atoms with van der Waals surface area (Å²) in [6.45, 7) is 3.75. The Balaban J connectivity index is 1.75. The summed E-state index contributed by atoms with van der Waals surface area (Å²) in [5, 5.41) is 0. The second-order valence-corrected chi connectivity index (χ2v) is 8.48. The van der Waals surface area contributed by atoms with Gasteiger partial charge in [-0.05, 0) is 56.2 Å². The molecule has 0 aliphatic carbocycles. The highest BCUT2D eigenvalue weighted by atomic mass is 32.2. The lowest BCUT2D eigenvalue weighted by Gasteiger charge is -2.19. The van der Waals surface area contributed by atoms with Gasteiger partial charge in [0.25, 0.3) is 0 Å².